The van der Waals surface area contributed by atoms with Gasteiger partial charge in [0.15, 0.2) is 17.6 Å². The molecule has 0 atom stereocenters. The molecule has 4 aliphatic heterocycles. The van der Waals surface area contributed by atoms with Gasteiger partial charge in [-0.1, -0.05) is 54.3 Å². The van der Waals surface area contributed by atoms with Crippen LogP contribution in [0.15, 0.2) is 189 Å². The normalized spacial score (nSPS) is 12.3. The Morgan fingerprint density at radius 3 is 1.41 bits per heavy atom. The summed E-state index contributed by atoms with van der Waals surface area (Å²) < 4.78 is 100. The first-order valence-corrected chi connectivity index (χ1v) is 33.8. The molecule has 49 heteroatoms. The van der Waals surface area contributed by atoms with Gasteiger partial charge < -0.3 is 41.6 Å². The molecule has 43 nitrogen and oxygen atoms in total. The summed E-state index contributed by atoms with van der Waals surface area (Å²) in [6.45, 7) is 22.1. The van der Waals surface area contributed by atoms with Gasteiger partial charge in [-0.05, 0) is 66.1 Å². The largest absolute Gasteiger partial charge is 0.449 e. The number of oxazole rings is 1. The Hall–Kier alpha value is -11.7. The number of aromatic amines is 4. The second-order valence-corrected chi connectivity index (χ2v) is 23.7. The average Bonchev–Trinajstić information content (AvgIpc) is 1.84. The highest BCUT2D eigenvalue weighted by molar-refractivity contribution is 7.90. The lowest BCUT2D eigenvalue weighted by atomic mass is 10.5. The molecule has 0 saturated heterocycles. The minimum atomic E-state index is -3.52. The minimum absolute atomic E-state index is 0. The van der Waals surface area contributed by atoms with Crippen LogP contribution < -0.4 is 29.8 Å². The molecular weight excluding hydrogens is 1440 g/mol. The molecule has 0 unspecified atom stereocenters. The highest BCUT2D eigenvalue weighted by Crippen LogP contribution is 1.99. The SMILES string of the molecule is C.C.C=C1NC=CN1.Cc1ccn[nH]1.Cc1ccon1.Cc1ccon1.Cc1ncco1.Cc1nccs1.Cc1ncn[nH]1.Cc1ncon1.Cc1ncsn1.Cc1nnco1.Cc1nnco1.O=S1(=O)CC=CN1.O=S1(=O)CN=CN1.O=S1(=O)NN=CO1.O=c1[nH]ncs1.c1nc[nH]n1. The number of aromatic nitrogens is 22. The molecule has 16 heterocycles. The van der Waals surface area contributed by atoms with E-state index in [-0.39, 0.29) is 31.4 Å². The van der Waals surface area contributed by atoms with Crippen molar-refractivity contribution in [3.8, 4) is 0 Å². The molecule has 0 saturated carbocycles. The summed E-state index contributed by atoms with van der Waals surface area (Å²) in [6, 6.07) is 5.53. The molecule has 0 aromatic carbocycles. The van der Waals surface area contributed by atoms with E-state index >= 15 is 0 Å². The number of hydrazone groups is 1. The number of nitrogens with one attached hydrogen (secondary N) is 9. The fraction of sp³-hybridized carbons (Fsp3) is 0.275. The van der Waals surface area contributed by atoms with Gasteiger partial charge in [0, 0.05) is 75.0 Å². The van der Waals surface area contributed by atoms with E-state index in [9.17, 15) is 30.0 Å². The Balaban J connectivity index is 0. The predicted molar refractivity (Wildman–Crippen MR) is 367 cm³/mol. The number of H-pyrrole nitrogens is 4. The van der Waals surface area contributed by atoms with E-state index in [2.05, 4.69) is 174 Å². The molecule has 0 fully saturated rings. The van der Waals surface area contributed by atoms with E-state index < -0.39 is 30.4 Å². The Kier molecular flexibility index (Phi) is 51.0. The Bertz CT molecular complexity index is 3470. The van der Waals surface area contributed by atoms with Crippen molar-refractivity contribution in [2.75, 3.05) is 11.6 Å². The molecule has 546 valence electrons. The summed E-state index contributed by atoms with van der Waals surface area (Å²) >= 11 is 4.10. The monoisotopic (exact) mass is 1510 g/mol. The van der Waals surface area contributed by atoms with Crippen molar-refractivity contribution in [3.63, 3.8) is 0 Å². The molecule has 9 N–H and O–H groups in total. The first kappa shape index (κ1) is 90.4. The lowest BCUT2D eigenvalue weighted by molar-refractivity contribution is 0.412. The fourth-order valence-electron chi connectivity index (χ4n) is 4.15. The fourth-order valence-corrected chi connectivity index (χ4v) is 7.05. The molecule has 0 amide bonds. The van der Waals surface area contributed by atoms with E-state index in [0.717, 1.165) is 63.2 Å². The molecule has 12 aromatic rings. The molecular formula is C51H77N29O14S6. The number of hydrogen-bond acceptors (Lipinski definition) is 39. The van der Waals surface area contributed by atoms with E-state index in [1.807, 2.05) is 53.0 Å². The molecule has 0 bridgehead atoms. The number of aryl methyl sites for hydroxylation is 10. The van der Waals surface area contributed by atoms with Crippen LogP contribution in [0.4, 0.5) is 0 Å². The predicted octanol–water partition coefficient (Wildman–Crippen LogP) is 5.37. The van der Waals surface area contributed by atoms with Crippen molar-refractivity contribution in [3.05, 3.63) is 214 Å². The lowest BCUT2D eigenvalue weighted by Crippen LogP contribution is -2.16. The molecule has 0 spiro atoms. The summed E-state index contributed by atoms with van der Waals surface area (Å²) in [5, 5.41) is 60.4. The van der Waals surface area contributed by atoms with Gasteiger partial charge in [-0.2, -0.15) is 43.0 Å². The summed E-state index contributed by atoms with van der Waals surface area (Å²) in [5.74, 6) is 5.18. The third-order valence-corrected chi connectivity index (χ3v) is 12.8. The number of sulfonamides is 2. The highest BCUT2D eigenvalue weighted by atomic mass is 32.2. The van der Waals surface area contributed by atoms with E-state index in [1.54, 1.807) is 117 Å². The third-order valence-electron chi connectivity index (χ3n) is 8.24. The zero-order chi connectivity index (χ0) is 72.4. The van der Waals surface area contributed by atoms with Gasteiger partial charge in [-0.15, -0.1) is 36.8 Å². The smallest absolute Gasteiger partial charge is 0.423 e. The Labute approximate surface area is 586 Å². The Morgan fingerprint density at radius 1 is 0.590 bits per heavy atom. The average molecular weight is 1510 g/mol. The van der Waals surface area contributed by atoms with Gasteiger partial charge in [0.05, 0.1) is 40.5 Å². The molecule has 100 heavy (non-hydrogen) atoms. The number of rotatable bonds is 0. The van der Waals surface area contributed by atoms with Crippen LogP contribution in [0.1, 0.15) is 72.1 Å². The summed E-state index contributed by atoms with van der Waals surface area (Å²) in [5.41, 5.74) is 6.14. The van der Waals surface area contributed by atoms with Crippen molar-refractivity contribution in [1.82, 2.24) is 136 Å². The quantitative estimate of drug-likeness (QED) is 0.0920. The van der Waals surface area contributed by atoms with Crippen LogP contribution in [0, 0.1) is 69.2 Å². The number of nitrogens with zero attached hydrogens (tertiary/aromatic N) is 20. The van der Waals surface area contributed by atoms with Gasteiger partial charge in [0.25, 0.3) is 10.0 Å². The summed E-state index contributed by atoms with van der Waals surface area (Å²) in [6.07, 6.45) is 26.7. The van der Waals surface area contributed by atoms with Gasteiger partial charge in [0.2, 0.25) is 47.4 Å². The van der Waals surface area contributed by atoms with Crippen LogP contribution in [0.5, 0.6) is 0 Å². The highest BCUT2D eigenvalue weighted by Gasteiger charge is 2.11. The van der Waals surface area contributed by atoms with Gasteiger partial charge in [-0.3, -0.25) is 39.5 Å². The number of aliphatic imine (C=N–C) groups is 1. The first-order valence-electron chi connectivity index (χ1n) is 26.5. The van der Waals surface area contributed by atoms with E-state index in [1.165, 1.54) is 67.7 Å². The molecule has 12 aromatic heterocycles. The van der Waals surface area contributed by atoms with Crippen LogP contribution in [0.2, 0.25) is 0 Å². The van der Waals surface area contributed by atoms with E-state index in [0.29, 0.717) is 17.6 Å². The zero-order valence-corrected chi connectivity index (χ0v) is 58.5. The topological polar surface area (TPSA) is 588 Å². The second-order valence-electron chi connectivity index (χ2n) is 16.4. The van der Waals surface area contributed by atoms with Crippen LogP contribution in [0.3, 0.4) is 0 Å². The van der Waals surface area contributed by atoms with Gasteiger partial charge in [-0.25, -0.2) is 41.9 Å². The van der Waals surface area contributed by atoms with Crippen molar-refractivity contribution in [1.29, 1.82) is 0 Å². The summed E-state index contributed by atoms with van der Waals surface area (Å²) in [4.78, 5) is 37.4. The van der Waals surface area contributed by atoms with E-state index in [4.69, 9.17) is 4.42 Å². The summed E-state index contributed by atoms with van der Waals surface area (Å²) in [7, 11) is -9.44. The van der Waals surface area contributed by atoms with Gasteiger partial charge >= 0.3 is 15.2 Å². The molecule has 4 aliphatic rings. The van der Waals surface area contributed by atoms with Crippen LogP contribution in [-0.4, -0.2) is 161 Å². The van der Waals surface area contributed by atoms with Crippen LogP contribution in [-0.2, 0) is 34.5 Å². The maximum absolute atomic E-state index is 10.3. The first-order chi connectivity index (χ1) is 46.8. The third kappa shape index (κ3) is 57.7. The maximum atomic E-state index is 10.3. The Morgan fingerprint density at radius 2 is 1.27 bits per heavy atom. The van der Waals surface area contributed by atoms with Crippen molar-refractivity contribution >= 4 is 77.3 Å². The molecule has 0 aliphatic carbocycles. The van der Waals surface area contributed by atoms with Crippen molar-refractivity contribution in [2.45, 2.75) is 84.1 Å². The number of hydrogen-bond donors (Lipinski definition) is 9. The number of thiazole rings is 1. The lowest BCUT2D eigenvalue weighted by Gasteiger charge is -1.89. The van der Waals surface area contributed by atoms with Crippen LogP contribution >= 0.6 is 34.2 Å². The van der Waals surface area contributed by atoms with Crippen molar-refractivity contribution < 1.29 is 56.3 Å². The maximum Gasteiger partial charge on any atom is 0.423 e. The van der Waals surface area contributed by atoms with Crippen molar-refractivity contribution in [2.24, 2.45) is 10.1 Å². The minimum Gasteiger partial charge on any atom is -0.449 e. The second kappa shape index (κ2) is 56.5. The van der Waals surface area contributed by atoms with Gasteiger partial charge in [0.1, 0.15) is 60.4 Å². The standard InChI is InChI=1S/2C4H6N2.3C4H5NO.C4H5NS.C3H5N3.3C3H4N2O.C3H4N2S.C3H5NO2S.C2H3N3.C2H4N2O2S.C2H2N2OS.CH2N2O3S.2CH4/c1-4-5-2-3-6-4;1-4-2-3-5-6-4;1-4-5-2-3-6-4;2*1-4-2-3-6-5-4;1-4-5-2-3-6-4;1-3-4-2-5-6-3;2*1-3-5-4-2-6-3;2*1-3-4-2-6-5-3;5-7(6)3-1-2-4-7;1-3-2-5-4-1;5-7(6)2-3-1-4-7;5-2-4-3-1-6-2;4-7(5)3-2-1-6-7;;/h2-3,5-6H,1H2;2-3H,1H3,(H,5,6);4*2-3H,1H3;2H,1H3,(H,4,5,6);4*2H,1H3;1-2,4H,3H2;1-2H,(H,3,4,5);1H,2H2,(H,3,4);1H,(H,4,5);1,3H;2*1H4. The molecule has 0 radical (unpaired) electrons. The van der Waals surface area contributed by atoms with Crippen LogP contribution in [0.25, 0.3) is 0 Å². The molecule has 16 rings (SSSR count). The zero-order valence-electron chi connectivity index (χ0n) is 53.6.